The Morgan fingerprint density at radius 1 is 0.526 bits per heavy atom. The van der Waals surface area contributed by atoms with Gasteiger partial charge in [0.2, 0.25) is 0 Å². The van der Waals surface area contributed by atoms with Crippen molar-refractivity contribution in [1.82, 2.24) is 0 Å². The van der Waals surface area contributed by atoms with Crippen molar-refractivity contribution in [3.63, 3.8) is 0 Å². The van der Waals surface area contributed by atoms with Crippen LogP contribution in [-0.4, -0.2) is 54.9 Å². The third-order valence-electron chi connectivity index (χ3n) is 6.00. The first-order valence-corrected chi connectivity index (χ1v) is 21.6. The second kappa shape index (κ2) is 5.60. The number of hydrogen-bond donors (Lipinski definition) is 0. The van der Waals surface area contributed by atoms with Gasteiger partial charge in [0.25, 0.3) is 0 Å². The molecule has 1 heterocycles. The van der Waals surface area contributed by atoms with Crippen molar-refractivity contribution >= 4 is 70.3 Å². The van der Waals surface area contributed by atoms with E-state index < -0.39 is 23.3 Å². The van der Waals surface area contributed by atoms with Crippen molar-refractivity contribution in [3.05, 3.63) is 0 Å². The molecular formula is C12H30S4Si3. The summed E-state index contributed by atoms with van der Waals surface area (Å²) in [5.74, 6) is 0. The van der Waals surface area contributed by atoms with Gasteiger partial charge in [0, 0.05) is 6.65 Å². The summed E-state index contributed by atoms with van der Waals surface area (Å²) in [6.45, 7) is 16.3. The predicted molar refractivity (Wildman–Crippen MR) is 112 cm³/mol. The van der Waals surface area contributed by atoms with Crippen LogP contribution in [0.15, 0.2) is 0 Å². The van der Waals surface area contributed by atoms with E-state index in [1.54, 1.807) is 0 Å². The van der Waals surface area contributed by atoms with E-state index >= 15 is 0 Å². The summed E-state index contributed by atoms with van der Waals surface area (Å²) in [6.07, 6.45) is 9.56. The minimum atomic E-state index is -1.40. The molecule has 0 aliphatic carbocycles. The normalized spacial score (nSPS) is 29.4. The summed E-state index contributed by atoms with van der Waals surface area (Å²) in [6, 6.07) is 0. The molecule has 1 aliphatic heterocycles. The van der Waals surface area contributed by atoms with Crippen LogP contribution in [0.1, 0.15) is 0 Å². The summed E-state index contributed by atoms with van der Waals surface area (Å²) in [5.41, 5.74) is 0. The van der Waals surface area contributed by atoms with Crippen molar-refractivity contribution in [2.75, 3.05) is 25.0 Å². The SMILES string of the molecule is CSC1(SC)[Si](C)(C)C(SC)(SC)[Si](C)(C)[Si]1(C)C. The second-order valence-corrected chi connectivity index (χ2v) is 35.7. The Morgan fingerprint density at radius 2 is 0.737 bits per heavy atom. The van der Waals surface area contributed by atoms with Crippen LogP contribution in [0.25, 0.3) is 0 Å². The van der Waals surface area contributed by atoms with Gasteiger partial charge < -0.3 is 0 Å². The van der Waals surface area contributed by atoms with Gasteiger partial charge in [-0.1, -0.05) is 39.3 Å². The van der Waals surface area contributed by atoms with E-state index in [0.717, 1.165) is 0 Å². The van der Waals surface area contributed by atoms with Gasteiger partial charge in [-0.2, -0.15) is 47.0 Å². The predicted octanol–water partition coefficient (Wildman–Crippen LogP) is 5.21. The first kappa shape index (κ1) is 19.1. The third kappa shape index (κ3) is 1.87. The van der Waals surface area contributed by atoms with Crippen molar-refractivity contribution in [1.29, 1.82) is 0 Å². The molecular weight excluding hydrogens is 357 g/mol. The molecule has 0 aromatic rings. The van der Waals surface area contributed by atoms with Gasteiger partial charge in [-0.25, -0.2) is 0 Å². The lowest BCUT2D eigenvalue weighted by Gasteiger charge is -2.49. The summed E-state index contributed by atoms with van der Waals surface area (Å²) in [4.78, 5) is 0. The topological polar surface area (TPSA) is 0 Å². The molecule has 0 N–H and O–H groups in total. The fraction of sp³-hybridized carbons (Fsp3) is 1.00. The van der Waals surface area contributed by atoms with E-state index in [1.165, 1.54) is 0 Å². The van der Waals surface area contributed by atoms with E-state index in [1.807, 2.05) is 0 Å². The molecule has 0 aromatic heterocycles. The van der Waals surface area contributed by atoms with E-state index in [0.29, 0.717) is 6.65 Å². The van der Waals surface area contributed by atoms with Gasteiger partial charge in [0.15, 0.2) is 0 Å². The summed E-state index contributed by atoms with van der Waals surface area (Å²) in [7, 11) is -3.95. The maximum Gasteiger partial charge on any atom is 0.0997 e. The average molecular weight is 387 g/mol. The Bertz CT molecular complexity index is 315. The largest absolute Gasteiger partial charge is 0.155 e. The van der Waals surface area contributed by atoms with Crippen LogP contribution in [0.5, 0.6) is 0 Å². The standard InChI is InChI=1S/C12H30S4Si3/c1-13-11(14-2)17(5,6)12(15-3,16-4)19(9,10)18(11,7)8/h1-10H3. The van der Waals surface area contributed by atoms with E-state index in [4.69, 9.17) is 0 Å². The van der Waals surface area contributed by atoms with Crippen LogP contribution in [0.4, 0.5) is 0 Å². The summed E-state index contributed by atoms with van der Waals surface area (Å²) >= 11 is 8.89. The lowest BCUT2D eigenvalue weighted by molar-refractivity contribution is 1.40. The monoisotopic (exact) mass is 386 g/mol. The Balaban J connectivity index is 3.74. The zero-order chi connectivity index (χ0) is 15.3. The molecule has 1 aliphatic rings. The van der Waals surface area contributed by atoms with Crippen molar-refractivity contribution in [2.24, 2.45) is 0 Å². The smallest absolute Gasteiger partial charge is 0.0997 e. The van der Waals surface area contributed by atoms with Crippen LogP contribution >= 0.6 is 47.0 Å². The molecule has 7 heteroatoms. The minimum Gasteiger partial charge on any atom is -0.155 e. The van der Waals surface area contributed by atoms with E-state index in [2.05, 4.69) is 111 Å². The van der Waals surface area contributed by atoms with Crippen LogP contribution < -0.4 is 0 Å². The van der Waals surface area contributed by atoms with E-state index in [-0.39, 0.29) is 0 Å². The molecule has 0 radical (unpaired) electrons. The average Bonchev–Trinajstić information content (AvgIpc) is 2.38. The molecule has 1 saturated heterocycles. The molecule has 1 fully saturated rings. The maximum absolute atomic E-state index is 2.72. The first-order chi connectivity index (χ1) is 8.49. The molecule has 0 saturated carbocycles. The molecule has 0 nitrogen and oxygen atoms in total. The van der Waals surface area contributed by atoms with Gasteiger partial charge >= 0.3 is 0 Å². The van der Waals surface area contributed by atoms with Gasteiger partial charge in [0.05, 0.1) is 23.3 Å². The van der Waals surface area contributed by atoms with Gasteiger partial charge in [-0.05, 0) is 25.0 Å². The van der Waals surface area contributed by atoms with Crippen molar-refractivity contribution in [3.8, 4) is 0 Å². The van der Waals surface area contributed by atoms with Gasteiger partial charge in [0.1, 0.15) is 0 Å². The van der Waals surface area contributed by atoms with Gasteiger partial charge in [-0.15, -0.1) is 0 Å². The lowest BCUT2D eigenvalue weighted by atomic mass is 11.6. The highest BCUT2D eigenvalue weighted by Crippen LogP contribution is 2.69. The van der Waals surface area contributed by atoms with Gasteiger partial charge in [-0.3, -0.25) is 0 Å². The third-order valence-corrected chi connectivity index (χ3v) is 60.0. The van der Waals surface area contributed by atoms with Crippen LogP contribution in [0.3, 0.4) is 0 Å². The Morgan fingerprint density at radius 3 is 0.842 bits per heavy atom. The highest BCUT2D eigenvalue weighted by atomic mass is 32.2. The zero-order valence-electron chi connectivity index (χ0n) is 14.1. The molecule has 19 heavy (non-hydrogen) atoms. The molecule has 114 valence electrons. The fourth-order valence-electron chi connectivity index (χ4n) is 4.81. The minimum absolute atomic E-state index is 0.571. The quantitative estimate of drug-likeness (QED) is 0.480. The first-order valence-electron chi connectivity index (χ1n) is 6.70. The maximum atomic E-state index is 2.72. The second-order valence-electron chi connectivity index (χ2n) is 6.92. The van der Waals surface area contributed by atoms with Crippen molar-refractivity contribution in [2.45, 2.75) is 45.9 Å². The number of hydrogen-bond acceptors (Lipinski definition) is 4. The molecule has 0 amide bonds. The fourth-order valence-corrected chi connectivity index (χ4v) is 71.3. The van der Waals surface area contributed by atoms with Crippen molar-refractivity contribution < 1.29 is 0 Å². The summed E-state index contributed by atoms with van der Waals surface area (Å²) in [5, 5.41) is 0. The number of thioether (sulfide) groups is 4. The molecule has 0 bridgehead atoms. The Labute approximate surface area is 140 Å². The Kier molecular flexibility index (Phi) is 5.63. The zero-order valence-corrected chi connectivity index (χ0v) is 20.4. The summed E-state index contributed by atoms with van der Waals surface area (Å²) < 4.78 is 1.14. The molecule has 0 unspecified atom stereocenters. The molecule has 0 spiro atoms. The lowest BCUT2D eigenvalue weighted by Crippen LogP contribution is -2.65. The van der Waals surface area contributed by atoms with Crippen LogP contribution in [-0.2, 0) is 0 Å². The number of rotatable bonds is 4. The van der Waals surface area contributed by atoms with Crippen LogP contribution in [0, 0.1) is 0 Å². The molecule has 1 rings (SSSR count). The molecule has 0 aromatic carbocycles. The van der Waals surface area contributed by atoms with E-state index in [9.17, 15) is 0 Å². The highest BCUT2D eigenvalue weighted by molar-refractivity contribution is 8.31. The Hall–Kier alpha value is 2.05. The van der Waals surface area contributed by atoms with Crippen LogP contribution in [0.2, 0.25) is 39.3 Å². The highest BCUT2D eigenvalue weighted by Gasteiger charge is 2.80. The molecule has 0 atom stereocenters.